The van der Waals surface area contributed by atoms with Crippen molar-refractivity contribution >= 4 is 11.0 Å². The zero-order chi connectivity index (χ0) is 22.5. The van der Waals surface area contributed by atoms with Crippen molar-refractivity contribution in [3.05, 3.63) is 88.7 Å². The summed E-state index contributed by atoms with van der Waals surface area (Å²) in [5.74, 6) is 2.84. The van der Waals surface area contributed by atoms with Gasteiger partial charge in [0.25, 0.3) is 0 Å². The lowest BCUT2D eigenvalue weighted by Crippen LogP contribution is -2.09. The van der Waals surface area contributed by atoms with Crippen LogP contribution in [-0.2, 0) is 13.2 Å². The first kappa shape index (κ1) is 21.9. The topological polar surface area (TPSA) is 36.3 Å². The van der Waals surface area contributed by atoms with Gasteiger partial charge in [-0.1, -0.05) is 30.3 Å². The first-order valence-corrected chi connectivity index (χ1v) is 11.3. The van der Waals surface area contributed by atoms with E-state index in [1.165, 1.54) is 16.7 Å². The van der Waals surface area contributed by atoms with Crippen molar-refractivity contribution in [1.82, 2.24) is 9.55 Å². The fraction of sp³-hybridized carbons (Fsp3) is 0.321. The lowest BCUT2D eigenvalue weighted by Gasteiger charge is -2.13. The van der Waals surface area contributed by atoms with Crippen LogP contribution in [0.2, 0.25) is 0 Å². The Morgan fingerprint density at radius 2 is 1.56 bits per heavy atom. The third kappa shape index (κ3) is 5.31. The number of para-hydroxylation sites is 2. The van der Waals surface area contributed by atoms with Crippen molar-refractivity contribution in [3.8, 4) is 11.5 Å². The third-order valence-corrected chi connectivity index (χ3v) is 5.67. The Labute approximate surface area is 190 Å². The van der Waals surface area contributed by atoms with E-state index in [4.69, 9.17) is 14.5 Å². The lowest BCUT2D eigenvalue weighted by atomic mass is 10.1. The fourth-order valence-corrected chi connectivity index (χ4v) is 4.07. The Balaban J connectivity index is 1.40. The SMILES string of the molecule is Cc1cc(C)cc(OCCCCn2c(COc3cc(C)ccc3C)nc3ccccc32)c1. The summed E-state index contributed by atoms with van der Waals surface area (Å²) < 4.78 is 14.4. The van der Waals surface area contributed by atoms with Crippen LogP contribution in [-0.4, -0.2) is 16.2 Å². The molecule has 0 spiro atoms. The molecule has 0 atom stereocenters. The average Bonchev–Trinajstić information content (AvgIpc) is 3.11. The number of aromatic nitrogens is 2. The molecule has 0 unspecified atom stereocenters. The minimum Gasteiger partial charge on any atom is -0.494 e. The first-order chi connectivity index (χ1) is 15.5. The van der Waals surface area contributed by atoms with Gasteiger partial charge in [0, 0.05) is 6.54 Å². The molecular weight excluding hydrogens is 396 g/mol. The second-order valence-corrected chi connectivity index (χ2v) is 8.60. The smallest absolute Gasteiger partial charge is 0.147 e. The van der Waals surface area contributed by atoms with E-state index in [1.807, 2.05) is 6.07 Å². The number of aryl methyl sites for hydroxylation is 5. The van der Waals surface area contributed by atoms with Crippen LogP contribution in [0.1, 0.15) is 40.9 Å². The van der Waals surface area contributed by atoms with Crippen LogP contribution < -0.4 is 9.47 Å². The molecule has 32 heavy (non-hydrogen) atoms. The summed E-state index contributed by atoms with van der Waals surface area (Å²) in [5, 5.41) is 0. The molecule has 0 saturated heterocycles. The fourth-order valence-electron chi connectivity index (χ4n) is 4.07. The van der Waals surface area contributed by atoms with Crippen LogP contribution >= 0.6 is 0 Å². The summed E-state index contributed by atoms with van der Waals surface area (Å²) in [6.45, 7) is 10.4. The highest BCUT2D eigenvalue weighted by Gasteiger charge is 2.12. The Kier molecular flexibility index (Phi) is 6.79. The van der Waals surface area contributed by atoms with E-state index in [9.17, 15) is 0 Å². The predicted octanol–water partition coefficient (Wildman–Crippen LogP) is 6.71. The highest BCUT2D eigenvalue weighted by Crippen LogP contribution is 2.23. The zero-order valence-corrected chi connectivity index (χ0v) is 19.5. The van der Waals surface area contributed by atoms with E-state index in [2.05, 4.69) is 86.9 Å². The van der Waals surface area contributed by atoms with Gasteiger partial charge in [-0.2, -0.15) is 0 Å². The van der Waals surface area contributed by atoms with E-state index in [0.29, 0.717) is 13.2 Å². The van der Waals surface area contributed by atoms with Crippen molar-refractivity contribution in [2.75, 3.05) is 6.61 Å². The Morgan fingerprint density at radius 1 is 0.781 bits per heavy atom. The molecule has 1 heterocycles. The minimum absolute atomic E-state index is 0.456. The number of hydrogen-bond acceptors (Lipinski definition) is 3. The van der Waals surface area contributed by atoms with Crippen LogP contribution in [0, 0.1) is 27.7 Å². The van der Waals surface area contributed by atoms with Gasteiger partial charge < -0.3 is 14.0 Å². The molecule has 0 N–H and O–H groups in total. The maximum absolute atomic E-state index is 6.17. The van der Waals surface area contributed by atoms with Gasteiger partial charge in [-0.3, -0.25) is 0 Å². The van der Waals surface area contributed by atoms with E-state index >= 15 is 0 Å². The molecule has 4 nitrogen and oxygen atoms in total. The lowest BCUT2D eigenvalue weighted by molar-refractivity contribution is 0.283. The number of fused-ring (bicyclic) bond motifs is 1. The van der Waals surface area contributed by atoms with Gasteiger partial charge in [0.2, 0.25) is 0 Å². The van der Waals surface area contributed by atoms with E-state index in [1.54, 1.807) is 0 Å². The van der Waals surface area contributed by atoms with Gasteiger partial charge in [-0.25, -0.2) is 4.98 Å². The van der Waals surface area contributed by atoms with Crippen LogP contribution in [0.15, 0.2) is 60.7 Å². The van der Waals surface area contributed by atoms with Crippen molar-refractivity contribution in [1.29, 1.82) is 0 Å². The molecule has 3 aromatic carbocycles. The van der Waals surface area contributed by atoms with E-state index in [-0.39, 0.29) is 0 Å². The average molecular weight is 429 g/mol. The van der Waals surface area contributed by atoms with Crippen LogP contribution in [0.3, 0.4) is 0 Å². The molecule has 0 aliphatic rings. The second kappa shape index (κ2) is 9.90. The number of hydrogen-bond donors (Lipinski definition) is 0. The highest BCUT2D eigenvalue weighted by atomic mass is 16.5. The second-order valence-electron chi connectivity index (χ2n) is 8.60. The first-order valence-electron chi connectivity index (χ1n) is 11.3. The number of rotatable bonds is 9. The molecule has 0 amide bonds. The van der Waals surface area contributed by atoms with Gasteiger partial charge in [0.1, 0.15) is 23.9 Å². The number of benzene rings is 3. The molecule has 0 radical (unpaired) electrons. The van der Waals surface area contributed by atoms with Gasteiger partial charge in [-0.15, -0.1) is 0 Å². The van der Waals surface area contributed by atoms with Crippen LogP contribution in [0.5, 0.6) is 11.5 Å². The molecule has 4 aromatic rings. The largest absolute Gasteiger partial charge is 0.494 e. The Bertz CT molecular complexity index is 1190. The van der Waals surface area contributed by atoms with Crippen molar-refractivity contribution in [2.45, 2.75) is 53.7 Å². The number of ether oxygens (including phenoxy) is 2. The van der Waals surface area contributed by atoms with Gasteiger partial charge in [-0.05, 0) is 93.1 Å². The van der Waals surface area contributed by atoms with Crippen molar-refractivity contribution in [2.24, 2.45) is 0 Å². The van der Waals surface area contributed by atoms with Gasteiger partial charge >= 0.3 is 0 Å². The monoisotopic (exact) mass is 428 g/mol. The van der Waals surface area contributed by atoms with Crippen LogP contribution in [0.25, 0.3) is 11.0 Å². The summed E-state index contributed by atoms with van der Waals surface area (Å²) in [4.78, 5) is 4.85. The molecule has 0 bridgehead atoms. The Morgan fingerprint density at radius 3 is 2.38 bits per heavy atom. The standard InChI is InChI=1S/C28H32N2O2/c1-20-11-12-23(4)27(18-20)32-19-28-29-25-9-5-6-10-26(25)30(28)13-7-8-14-31-24-16-21(2)15-22(3)17-24/h5-6,9-12,15-18H,7-8,13-14,19H2,1-4H3. The maximum atomic E-state index is 6.17. The zero-order valence-electron chi connectivity index (χ0n) is 19.5. The molecule has 0 fully saturated rings. The quantitative estimate of drug-likeness (QED) is 0.278. The van der Waals surface area contributed by atoms with E-state index in [0.717, 1.165) is 53.3 Å². The van der Waals surface area contributed by atoms with Gasteiger partial charge in [0.05, 0.1) is 17.6 Å². The van der Waals surface area contributed by atoms with E-state index < -0.39 is 0 Å². The normalized spacial score (nSPS) is 11.1. The summed E-state index contributed by atoms with van der Waals surface area (Å²) in [7, 11) is 0. The number of unbranched alkanes of at least 4 members (excludes halogenated alkanes) is 1. The molecule has 0 saturated carbocycles. The van der Waals surface area contributed by atoms with Crippen molar-refractivity contribution in [3.63, 3.8) is 0 Å². The molecule has 0 aliphatic carbocycles. The van der Waals surface area contributed by atoms with Gasteiger partial charge in [0.15, 0.2) is 0 Å². The van der Waals surface area contributed by atoms with Crippen LogP contribution in [0.4, 0.5) is 0 Å². The summed E-state index contributed by atoms with van der Waals surface area (Å²) in [6.07, 6.45) is 2.00. The molecule has 4 heteroatoms. The molecule has 166 valence electrons. The Hall–Kier alpha value is -3.27. The highest BCUT2D eigenvalue weighted by molar-refractivity contribution is 5.75. The molecule has 4 rings (SSSR count). The number of imidazole rings is 1. The summed E-state index contributed by atoms with van der Waals surface area (Å²) in [5.41, 5.74) is 6.97. The predicted molar refractivity (Wildman–Crippen MR) is 131 cm³/mol. The maximum Gasteiger partial charge on any atom is 0.147 e. The number of nitrogens with zero attached hydrogens (tertiary/aromatic N) is 2. The molecular formula is C28H32N2O2. The third-order valence-electron chi connectivity index (χ3n) is 5.67. The van der Waals surface area contributed by atoms with Crippen molar-refractivity contribution < 1.29 is 9.47 Å². The minimum atomic E-state index is 0.456. The molecule has 1 aromatic heterocycles. The summed E-state index contributed by atoms with van der Waals surface area (Å²) in [6, 6.07) is 21.0. The summed E-state index contributed by atoms with van der Waals surface area (Å²) >= 11 is 0. The molecule has 0 aliphatic heterocycles.